The molecule has 0 radical (unpaired) electrons. The molecule has 2 N–H and O–H groups in total. The van der Waals surface area contributed by atoms with E-state index >= 15 is 0 Å². The lowest BCUT2D eigenvalue weighted by molar-refractivity contribution is 0.204. The summed E-state index contributed by atoms with van der Waals surface area (Å²) in [6, 6.07) is 36.7. The smallest absolute Gasteiger partial charge is 0.0830 e. The molecule has 6 nitrogen and oxygen atoms in total. The van der Waals surface area contributed by atoms with Crippen LogP contribution in [0.15, 0.2) is 211 Å². The first-order valence-corrected chi connectivity index (χ1v) is 20.1. The molecule has 0 aromatic heterocycles. The first kappa shape index (κ1) is 38.0. The summed E-state index contributed by atoms with van der Waals surface area (Å²) in [5.74, 6) is 1.08. The first-order valence-electron chi connectivity index (χ1n) is 17.3. The SMILES string of the molecule is C=C1C=CC=C1/C=N/N(CC(O)CSc1ccc(Sc2ccc(SCC(O)CN(/N=C/C3=CC=CC3=C)c3ccccc3)cc2)cc1)c1ccccc1. The molecule has 0 bridgehead atoms. The van der Waals surface area contributed by atoms with Gasteiger partial charge in [-0.3, -0.25) is 10.0 Å². The Morgan fingerprint density at radius 1 is 0.547 bits per heavy atom. The number of aliphatic hydroxyl groups is 2. The van der Waals surface area contributed by atoms with Gasteiger partial charge in [0.2, 0.25) is 0 Å². The highest BCUT2D eigenvalue weighted by molar-refractivity contribution is 8.00. The van der Waals surface area contributed by atoms with E-state index in [1.165, 1.54) is 0 Å². The van der Waals surface area contributed by atoms with Crippen LogP contribution in [0.4, 0.5) is 11.4 Å². The van der Waals surface area contributed by atoms with Crippen molar-refractivity contribution in [2.24, 2.45) is 10.2 Å². The largest absolute Gasteiger partial charge is 0.390 e. The summed E-state index contributed by atoms with van der Waals surface area (Å²) in [5.41, 5.74) is 5.62. The van der Waals surface area contributed by atoms with Crippen molar-refractivity contribution in [3.8, 4) is 0 Å². The highest BCUT2D eigenvalue weighted by Crippen LogP contribution is 2.32. The van der Waals surface area contributed by atoms with Gasteiger partial charge < -0.3 is 10.2 Å². The molecule has 0 saturated heterocycles. The molecule has 53 heavy (non-hydrogen) atoms. The molecule has 4 aromatic rings. The minimum atomic E-state index is -0.586. The summed E-state index contributed by atoms with van der Waals surface area (Å²) in [5, 5.41) is 35.0. The predicted molar refractivity (Wildman–Crippen MR) is 228 cm³/mol. The zero-order chi connectivity index (χ0) is 36.8. The van der Waals surface area contributed by atoms with Crippen molar-refractivity contribution in [1.82, 2.24) is 0 Å². The minimum Gasteiger partial charge on any atom is -0.390 e. The van der Waals surface area contributed by atoms with Gasteiger partial charge >= 0.3 is 0 Å². The Labute approximate surface area is 325 Å². The summed E-state index contributed by atoms with van der Waals surface area (Å²) >= 11 is 4.96. The molecule has 2 atom stereocenters. The normalized spacial score (nSPS) is 15.0. The van der Waals surface area contributed by atoms with Crippen LogP contribution in [0.3, 0.4) is 0 Å². The molecule has 0 spiro atoms. The standard InChI is InChI=1S/C44H42N4O2S3/c1-33-11-9-13-35(33)27-45-47(37-15-5-3-6-16-37)29-39(49)31-51-41-19-23-43(24-20-41)53-44-25-21-42(22-26-44)52-32-40(50)30-48(38-17-7-4-8-18-38)46-28-36-14-10-12-34(36)2/h3-28,39-40,49-50H,1-2,29-32H2/b45-27+,46-28+. The first-order chi connectivity index (χ1) is 25.9. The Morgan fingerprint density at radius 3 is 1.28 bits per heavy atom. The number of para-hydroxylation sites is 2. The van der Waals surface area contributed by atoms with E-state index < -0.39 is 12.2 Å². The molecule has 0 fully saturated rings. The van der Waals surface area contributed by atoms with Gasteiger partial charge in [-0.05, 0) is 83.9 Å². The lowest BCUT2D eigenvalue weighted by Crippen LogP contribution is -2.30. The molecular formula is C44H42N4O2S3. The fourth-order valence-electron chi connectivity index (χ4n) is 5.33. The minimum absolute atomic E-state index is 0.371. The van der Waals surface area contributed by atoms with Crippen LogP contribution in [-0.2, 0) is 0 Å². The molecule has 0 aliphatic heterocycles. The van der Waals surface area contributed by atoms with Gasteiger partial charge in [-0.25, -0.2) is 0 Å². The van der Waals surface area contributed by atoms with Crippen molar-refractivity contribution in [2.45, 2.75) is 31.8 Å². The van der Waals surface area contributed by atoms with Crippen molar-refractivity contribution in [2.75, 3.05) is 34.6 Å². The third-order valence-electron chi connectivity index (χ3n) is 8.20. The number of benzene rings is 4. The highest BCUT2D eigenvalue weighted by Gasteiger charge is 2.15. The molecule has 4 aromatic carbocycles. The molecule has 2 aliphatic rings. The number of anilines is 2. The predicted octanol–water partition coefficient (Wildman–Crippen LogP) is 9.83. The highest BCUT2D eigenvalue weighted by atomic mass is 32.2. The van der Waals surface area contributed by atoms with Gasteiger partial charge in [0.05, 0.1) is 49.1 Å². The average molecular weight is 755 g/mol. The average Bonchev–Trinajstić information content (AvgIpc) is 3.81. The number of rotatable bonds is 18. The van der Waals surface area contributed by atoms with Gasteiger partial charge in [-0.2, -0.15) is 10.2 Å². The van der Waals surface area contributed by atoms with E-state index in [1.54, 1.807) is 47.7 Å². The van der Waals surface area contributed by atoms with Gasteiger partial charge in [-0.1, -0.05) is 97.8 Å². The maximum absolute atomic E-state index is 11.0. The number of hydrogen-bond acceptors (Lipinski definition) is 9. The van der Waals surface area contributed by atoms with E-state index in [4.69, 9.17) is 0 Å². The Bertz CT molecular complexity index is 1880. The monoisotopic (exact) mass is 754 g/mol. The van der Waals surface area contributed by atoms with Gasteiger partial charge in [0.1, 0.15) is 0 Å². The quantitative estimate of drug-likeness (QED) is 0.0596. The van der Waals surface area contributed by atoms with Gasteiger partial charge in [-0.15, -0.1) is 23.5 Å². The second-order valence-corrected chi connectivity index (χ2v) is 15.6. The third kappa shape index (κ3) is 11.6. The van der Waals surface area contributed by atoms with Gasteiger partial charge in [0, 0.05) is 42.2 Å². The Kier molecular flexibility index (Phi) is 13.9. The lowest BCUT2D eigenvalue weighted by atomic mass is 10.2. The zero-order valence-corrected chi connectivity index (χ0v) is 31.8. The molecule has 0 amide bonds. The summed E-state index contributed by atoms with van der Waals surface area (Å²) in [6.45, 7) is 8.84. The van der Waals surface area contributed by atoms with Crippen molar-refractivity contribution in [3.05, 3.63) is 181 Å². The fourth-order valence-corrected chi connectivity index (χ4v) is 7.78. The third-order valence-corrected chi connectivity index (χ3v) is 11.5. The van der Waals surface area contributed by atoms with Gasteiger partial charge in [0.15, 0.2) is 0 Å². The van der Waals surface area contributed by atoms with Crippen LogP contribution in [-0.4, -0.2) is 59.4 Å². The van der Waals surface area contributed by atoms with Crippen LogP contribution in [0.1, 0.15) is 0 Å². The fraction of sp³-hybridized carbons (Fsp3) is 0.136. The summed E-state index contributed by atoms with van der Waals surface area (Å²) < 4.78 is 0. The molecule has 0 heterocycles. The Balaban J connectivity index is 0.957. The number of nitrogens with zero attached hydrogens (tertiary/aromatic N) is 4. The molecule has 0 saturated carbocycles. The molecule has 9 heteroatoms. The van der Waals surface area contributed by atoms with E-state index in [0.717, 1.165) is 53.2 Å². The van der Waals surface area contributed by atoms with E-state index in [0.29, 0.717) is 24.6 Å². The van der Waals surface area contributed by atoms with E-state index in [2.05, 4.69) is 71.9 Å². The molecule has 2 aliphatic carbocycles. The molecule has 2 unspecified atom stereocenters. The number of allylic oxidation sites excluding steroid dienone is 10. The van der Waals surface area contributed by atoms with E-state index in [1.807, 2.05) is 107 Å². The van der Waals surface area contributed by atoms with Crippen LogP contribution in [0.5, 0.6) is 0 Å². The summed E-state index contributed by atoms with van der Waals surface area (Å²) in [6.07, 6.45) is 14.2. The summed E-state index contributed by atoms with van der Waals surface area (Å²) in [4.78, 5) is 4.48. The Morgan fingerprint density at radius 2 is 0.925 bits per heavy atom. The van der Waals surface area contributed by atoms with E-state index in [9.17, 15) is 10.2 Å². The van der Waals surface area contributed by atoms with Crippen LogP contribution in [0, 0.1) is 0 Å². The van der Waals surface area contributed by atoms with Crippen molar-refractivity contribution in [3.63, 3.8) is 0 Å². The van der Waals surface area contributed by atoms with Gasteiger partial charge in [0.25, 0.3) is 0 Å². The maximum Gasteiger partial charge on any atom is 0.0830 e. The lowest BCUT2D eigenvalue weighted by Gasteiger charge is -2.22. The van der Waals surface area contributed by atoms with Crippen LogP contribution < -0.4 is 10.0 Å². The van der Waals surface area contributed by atoms with Crippen LogP contribution in [0.25, 0.3) is 0 Å². The second-order valence-electron chi connectivity index (χ2n) is 12.3. The van der Waals surface area contributed by atoms with E-state index in [-0.39, 0.29) is 0 Å². The van der Waals surface area contributed by atoms with Crippen LogP contribution >= 0.6 is 35.3 Å². The van der Waals surface area contributed by atoms with Crippen molar-refractivity contribution < 1.29 is 10.2 Å². The summed E-state index contributed by atoms with van der Waals surface area (Å²) in [7, 11) is 0. The molecule has 268 valence electrons. The van der Waals surface area contributed by atoms with Crippen LogP contribution in [0.2, 0.25) is 0 Å². The number of thioether (sulfide) groups is 2. The number of hydrazone groups is 2. The Hall–Kier alpha value is -4.77. The molecule has 6 rings (SSSR count). The van der Waals surface area contributed by atoms with Crippen molar-refractivity contribution in [1.29, 1.82) is 0 Å². The zero-order valence-electron chi connectivity index (χ0n) is 29.3. The number of hydrogen-bond donors (Lipinski definition) is 2. The number of aliphatic hydroxyl groups excluding tert-OH is 2. The van der Waals surface area contributed by atoms with Crippen molar-refractivity contribution >= 4 is 59.1 Å². The molecular weight excluding hydrogens is 713 g/mol. The maximum atomic E-state index is 11.0. The second kappa shape index (κ2) is 19.3. The topological polar surface area (TPSA) is 71.7 Å².